The molecule has 0 unspecified atom stereocenters. The summed E-state index contributed by atoms with van der Waals surface area (Å²) < 4.78 is 29.9. The molecule has 2 nitrogen and oxygen atoms in total. The van der Waals surface area contributed by atoms with E-state index in [2.05, 4.69) is 22.0 Å². The summed E-state index contributed by atoms with van der Waals surface area (Å²) >= 11 is 0. The Morgan fingerprint density at radius 2 is 1.82 bits per heavy atom. The first-order valence-electron chi connectivity index (χ1n) is 7.28. The molecule has 3 aromatic rings. The van der Waals surface area contributed by atoms with E-state index in [0.29, 0.717) is 5.56 Å². The summed E-state index contributed by atoms with van der Waals surface area (Å²) in [5.74, 6) is -1.56. The average molecular weight is 297 g/mol. The third-order valence-corrected chi connectivity index (χ3v) is 4.24. The average Bonchev–Trinajstić information content (AvgIpc) is 2.96. The predicted octanol–water partition coefficient (Wildman–Crippen LogP) is 2.92. The molecule has 2 aromatic carbocycles. The van der Waals surface area contributed by atoms with Crippen LogP contribution in [-0.4, -0.2) is 4.57 Å². The number of halogens is 2. The summed E-state index contributed by atoms with van der Waals surface area (Å²) in [4.78, 5) is 0. The number of nitrogens with zero attached hydrogens (tertiary/aromatic N) is 1. The topological polar surface area (TPSA) is 21.5 Å². The molecule has 4 rings (SSSR count). The van der Waals surface area contributed by atoms with Gasteiger partial charge in [0.05, 0.1) is 16.9 Å². The quantitative estimate of drug-likeness (QED) is 0.713. The van der Waals surface area contributed by atoms with Gasteiger partial charge in [0.15, 0.2) is 17.7 Å². The standard InChI is InChI=1S/C18H14F2N2/c19-14-7-3-6-13(17(14)20)18-16-9-4-10-22(16)15-8-2-1-5-12(15)11-21-18/h1-10,18,21H,11H2/p+1/t18-/m1/s1. The molecule has 0 spiro atoms. The smallest absolute Gasteiger partial charge is 0.168 e. The first-order valence-corrected chi connectivity index (χ1v) is 7.28. The van der Waals surface area contributed by atoms with Gasteiger partial charge < -0.3 is 9.88 Å². The Morgan fingerprint density at radius 1 is 0.955 bits per heavy atom. The van der Waals surface area contributed by atoms with Crippen molar-refractivity contribution in [2.45, 2.75) is 12.6 Å². The second kappa shape index (κ2) is 5.07. The van der Waals surface area contributed by atoms with Crippen LogP contribution >= 0.6 is 0 Å². The minimum absolute atomic E-state index is 0.266. The van der Waals surface area contributed by atoms with Crippen molar-refractivity contribution in [2.75, 3.05) is 0 Å². The van der Waals surface area contributed by atoms with Gasteiger partial charge >= 0.3 is 0 Å². The van der Waals surface area contributed by atoms with Gasteiger partial charge in [-0.2, -0.15) is 0 Å². The lowest BCUT2D eigenvalue weighted by molar-refractivity contribution is -0.702. The number of fused-ring (bicyclic) bond motifs is 3. The summed E-state index contributed by atoms with van der Waals surface area (Å²) in [5, 5.41) is 2.05. The van der Waals surface area contributed by atoms with E-state index in [-0.39, 0.29) is 6.04 Å². The Balaban J connectivity index is 1.90. The van der Waals surface area contributed by atoms with Crippen molar-refractivity contribution in [3.05, 3.63) is 89.2 Å². The third-order valence-electron chi connectivity index (χ3n) is 4.24. The summed E-state index contributed by atoms with van der Waals surface area (Å²) in [6, 6.07) is 16.1. The van der Waals surface area contributed by atoms with Crippen LogP contribution in [0.1, 0.15) is 22.9 Å². The maximum absolute atomic E-state index is 14.2. The van der Waals surface area contributed by atoms with E-state index in [4.69, 9.17) is 0 Å². The van der Waals surface area contributed by atoms with E-state index in [9.17, 15) is 8.78 Å². The summed E-state index contributed by atoms with van der Waals surface area (Å²) in [7, 11) is 0. The number of para-hydroxylation sites is 1. The van der Waals surface area contributed by atoms with Gasteiger partial charge in [-0.15, -0.1) is 0 Å². The highest BCUT2D eigenvalue weighted by Crippen LogP contribution is 2.28. The largest absolute Gasteiger partial charge is 0.331 e. The molecule has 1 aromatic heterocycles. The van der Waals surface area contributed by atoms with Crippen LogP contribution in [0.25, 0.3) is 5.69 Å². The molecule has 0 fully saturated rings. The van der Waals surface area contributed by atoms with Gasteiger partial charge in [-0.25, -0.2) is 8.78 Å². The van der Waals surface area contributed by atoms with Gasteiger partial charge in [-0.05, 0) is 30.3 Å². The Kier molecular flexibility index (Phi) is 3.05. The molecule has 0 saturated heterocycles. The van der Waals surface area contributed by atoms with Crippen LogP contribution < -0.4 is 5.32 Å². The summed E-state index contributed by atoms with van der Waals surface area (Å²) in [6.45, 7) is 0.721. The maximum Gasteiger partial charge on any atom is 0.168 e. The van der Waals surface area contributed by atoms with Gasteiger partial charge in [0, 0.05) is 11.8 Å². The summed E-state index contributed by atoms with van der Waals surface area (Å²) in [5.41, 5.74) is 3.61. The second-order valence-electron chi connectivity index (χ2n) is 5.49. The van der Waals surface area contributed by atoms with Crippen molar-refractivity contribution in [1.29, 1.82) is 0 Å². The van der Waals surface area contributed by atoms with Crippen LogP contribution in [-0.2, 0) is 6.54 Å². The molecule has 1 atom stereocenters. The van der Waals surface area contributed by atoms with E-state index < -0.39 is 11.6 Å². The molecule has 2 heterocycles. The van der Waals surface area contributed by atoms with Crippen molar-refractivity contribution < 1.29 is 14.1 Å². The molecule has 0 amide bonds. The lowest BCUT2D eigenvalue weighted by atomic mass is 10.0. The minimum Gasteiger partial charge on any atom is -0.331 e. The van der Waals surface area contributed by atoms with Crippen molar-refractivity contribution in [3.8, 4) is 5.69 Å². The fourth-order valence-electron chi connectivity index (χ4n) is 3.20. The number of quaternary nitrogens is 1. The molecular weight excluding hydrogens is 282 g/mol. The molecule has 4 heteroatoms. The Morgan fingerprint density at radius 3 is 2.73 bits per heavy atom. The van der Waals surface area contributed by atoms with Crippen molar-refractivity contribution in [2.24, 2.45) is 0 Å². The van der Waals surface area contributed by atoms with Crippen molar-refractivity contribution >= 4 is 0 Å². The van der Waals surface area contributed by atoms with Gasteiger partial charge in [-0.1, -0.05) is 24.3 Å². The molecule has 0 bridgehead atoms. The molecule has 1 aliphatic rings. The number of nitrogens with two attached hydrogens (primary N) is 1. The van der Waals surface area contributed by atoms with E-state index in [1.165, 1.54) is 5.56 Å². The zero-order valence-electron chi connectivity index (χ0n) is 11.8. The van der Waals surface area contributed by atoms with Crippen LogP contribution in [0, 0.1) is 11.6 Å². The Bertz CT molecular complexity index is 839. The molecular formula is C18H15F2N2+. The SMILES string of the molecule is Fc1cccc([C@H]2[NH2+]Cc3ccccc3-n3cccc32)c1F. The minimum atomic E-state index is -0.800. The van der Waals surface area contributed by atoms with Crippen LogP contribution in [0.4, 0.5) is 8.78 Å². The van der Waals surface area contributed by atoms with Gasteiger partial charge in [0.1, 0.15) is 6.54 Å². The van der Waals surface area contributed by atoms with Crippen LogP contribution in [0.2, 0.25) is 0 Å². The van der Waals surface area contributed by atoms with Crippen molar-refractivity contribution in [1.82, 2.24) is 4.57 Å². The Hall–Kier alpha value is -2.46. The molecule has 1 aliphatic heterocycles. The van der Waals surface area contributed by atoms with E-state index in [0.717, 1.165) is 24.0 Å². The van der Waals surface area contributed by atoms with Gasteiger partial charge in [0.2, 0.25) is 0 Å². The molecule has 0 aliphatic carbocycles. The van der Waals surface area contributed by atoms with E-state index in [1.807, 2.05) is 30.5 Å². The number of aromatic nitrogens is 1. The second-order valence-corrected chi connectivity index (χ2v) is 5.49. The van der Waals surface area contributed by atoms with Gasteiger partial charge in [-0.3, -0.25) is 0 Å². The maximum atomic E-state index is 14.2. The highest BCUT2D eigenvalue weighted by molar-refractivity contribution is 5.45. The highest BCUT2D eigenvalue weighted by Gasteiger charge is 2.29. The normalized spacial score (nSPS) is 16.7. The monoisotopic (exact) mass is 297 g/mol. The zero-order valence-corrected chi connectivity index (χ0v) is 11.8. The fraction of sp³-hybridized carbons (Fsp3) is 0.111. The lowest BCUT2D eigenvalue weighted by Gasteiger charge is -2.15. The number of rotatable bonds is 1. The number of hydrogen-bond donors (Lipinski definition) is 1. The molecule has 0 radical (unpaired) electrons. The fourth-order valence-corrected chi connectivity index (χ4v) is 3.20. The Labute approximate surface area is 127 Å². The van der Waals surface area contributed by atoms with Crippen LogP contribution in [0.3, 0.4) is 0 Å². The number of benzene rings is 2. The van der Waals surface area contributed by atoms with Crippen molar-refractivity contribution in [3.63, 3.8) is 0 Å². The number of hydrogen-bond acceptors (Lipinski definition) is 0. The first-order chi connectivity index (χ1) is 10.8. The molecule has 110 valence electrons. The third kappa shape index (κ3) is 1.96. The zero-order chi connectivity index (χ0) is 15.1. The molecule has 2 N–H and O–H groups in total. The van der Waals surface area contributed by atoms with Crippen LogP contribution in [0.5, 0.6) is 0 Å². The van der Waals surface area contributed by atoms with Crippen LogP contribution in [0.15, 0.2) is 60.8 Å². The first kappa shape index (κ1) is 13.2. The summed E-state index contributed by atoms with van der Waals surface area (Å²) in [6.07, 6.45) is 1.97. The molecule has 0 saturated carbocycles. The van der Waals surface area contributed by atoms with Gasteiger partial charge in [0.25, 0.3) is 0 Å². The predicted molar refractivity (Wildman–Crippen MR) is 79.6 cm³/mol. The highest BCUT2D eigenvalue weighted by atomic mass is 19.2. The lowest BCUT2D eigenvalue weighted by Crippen LogP contribution is -2.83. The molecule has 22 heavy (non-hydrogen) atoms. The van der Waals surface area contributed by atoms with E-state index in [1.54, 1.807) is 12.1 Å². The van der Waals surface area contributed by atoms with E-state index >= 15 is 0 Å².